The number of ether oxygens (including phenoxy) is 1. The van der Waals surface area contributed by atoms with Crippen LogP contribution in [0, 0.1) is 0 Å². The summed E-state index contributed by atoms with van der Waals surface area (Å²) in [6, 6.07) is 5.37. The predicted octanol–water partition coefficient (Wildman–Crippen LogP) is 2.87. The van der Waals surface area contributed by atoms with E-state index in [0.29, 0.717) is 23.4 Å². The first-order chi connectivity index (χ1) is 8.69. The van der Waals surface area contributed by atoms with Gasteiger partial charge < -0.3 is 9.64 Å². The Labute approximate surface area is 122 Å². The van der Waals surface area contributed by atoms with Crippen LogP contribution in [0.1, 0.15) is 38.2 Å². The maximum atomic E-state index is 12.5. The maximum Gasteiger partial charge on any atom is 0.272 e. The lowest BCUT2D eigenvalue weighted by atomic mass is 9.98. The van der Waals surface area contributed by atoms with Crippen molar-refractivity contribution in [1.82, 2.24) is 9.88 Å². The van der Waals surface area contributed by atoms with Crippen LogP contribution in [0.25, 0.3) is 0 Å². The topological polar surface area (TPSA) is 42.4 Å². The molecule has 0 saturated carbocycles. The van der Waals surface area contributed by atoms with E-state index >= 15 is 0 Å². The van der Waals surface area contributed by atoms with Gasteiger partial charge in [0.1, 0.15) is 10.3 Å². The number of rotatable bonds is 1. The fourth-order valence-corrected chi connectivity index (χ4v) is 2.96. The Bertz CT molecular complexity index is 484. The van der Waals surface area contributed by atoms with Crippen LogP contribution in [0.5, 0.6) is 0 Å². The number of halogens is 1. The molecule has 2 rings (SSSR count). The highest BCUT2D eigenvalue weighted by Gasteiger charge is 2.40. The first-order valence-electron chi connectivity index (χ1n) is 6.31. The van der Waals surface area contributed by atoms with Crippen LogP contribution in [-0.4, -0.2) is 40.1 Å². The highest BCUT2D eigenvalue weighted by Crippen LogP contribution is 2.28. The van der Waals surface area contributed by atoms with Crippen LogP contribution in [-0.2, 0) is 4.74 Å². The molecule has 4 nitrogen and oxygen atoms in total. The average Bonchev–Trinajstić information content (AvgIpc) is 2.23. The molecule has 1 aliphatic rings. The Morgan fingerprint density at radius 1 is 1.26 bits per heavy atom. The molecule has 0 spiro atoms. The normalized spacial score (nSPS) is 21.2. The zero-order valence-corrected chi connectivity index (χ0v) is 13.3. The molecule has 19 heavy (non-hydrogen) atoms. The molecule has 0 aromatic carbocycles. The second-order valence-corrected chi connectivity index (χ2v) is 6.94. The lowest BCUT2D eigenvalue weighted by molar-refractivity contribution is -0.171. The SMILES string of the molecule is CC1(C)CN(C(=O)c2cccc(Br)n2)CC(C)(C)O1. The summed E-state index contributed by atoms with van der Waals surface area (Å²) in [5.74, 6) is -0.0502. The van der Waals surface area contributed by atoms with Crippen LogP contribution >= 0.6 is 15.9 Å². The van der Waals surface area contributed by atoms with Crippen molar-refractivity contribution in [3.63, 3.8) is 0 Å². The molecule has 1 amide bonds. The summed E-state index contributed by atoms with van der Waals surface area (Å²) in [5, 5.41) is 0. The molecule has 1 saturated heterocycles. The van der Waals surface area contributed by atoms with Crippen molar-refractivity contribution in [3.05, 3.63) is 28.5 Å². The van der Waals surface area contributed by atoms with E-state index in [1.807, 2.05) is 44.7 Å². The van der Waals surface area contributed by atoms with Gasteiger partial charge in [0.15, 0.2) is 0 Å². The van der Waals surface area contributed by atoms with E-state index in [4.69, 9.17) is 4.74 Å². The molecular weight excluding hydrogens is 308 g/mol. The van der Waals surface area contributed by atoms with E-state index < -0.39 is 0 Å². The Morgan fingerprint density at radius 3 is 2.37 bits per heavy atom. The molecule has 1 aromatic rings. The Hall–Kier alpha value is -0.940. The standard InChI is InChI=1S/C14H19BrN2O2/c1-13(2)8-17(9-14(3,4)19-13)12(18)10-6-5-7-11(15)16-10/h5-7H,8-9H2,1-4H3. The monoisotopic (exact) mass is 326 g/mol. The van der Waals surface area contributed by atoms with E-state index in [1.165, 1.54) is 0 Å². The van der Waals surface area contributed by atoms with E-state index in [2.05, 4.69) is 20.9 Å². The second kappa shape index (κ2) is 4.87. The van der Waals surface area contributed by atoms with Crippen molar-refractivity contribution in [2.75, 3.05) is 13.1 Å². The van der Waals surface area contributed by atoms with Gasteiger partial charge in [-0.1, -0.05) is 6.07 Å². The summed E-state index contributed by atoms with van der Waals surface area (Å²) in [6.07, 6.45) is 0. The van der Waals surface area contributed by atoms with Gasteiger partial charge in [-0.15, -0.1) is 0 Å². The van der Waals surface area contributed by atoms with Crippen LogP contribution in [0.3, 0.4) is 0 Å². The summed E-state index contributed by atoms with van der Waals surface area (Å²) in [5.41, 5.74) is -0.227. The van der Waals surface area contributed by atoms with Crippen molar-refractivity contribution >= 4 is 21.8 Å². The number of pyridine rings is 1. The second-order valence-electron chi connectivity index (χ2n) is 6.13. The third kappa shape index (κ3) is 3.54. The van der Waals surface area contributed by atoms with Crippen LogP contribution in [0.4, 0.5) is 0 Å². The predicted molar refractivity (Wildman–Crippen MR) is 77.1 cm³/mol. The van der Waals surface area contributed by atoms with Gasteiger partial charge in [-0.05, 0) is 55.8 Å². The van der Waals surface area contributed by atoms with Crippen LogP contribution < -0.4 is 0 Å². The van der Waals surface area contributed by atoms with E-state index in [-0.39, 0.29) is 17.1 Å². The van der Waals surface area contributed by atoms with Gasteiger partial charge in [0.2, 0.25) is 0 Å². The van der Waals surface area contributed by atoms with Gasteiger partial charge >= 0.3 is 0 Å². The molecule has 0 unspecified atom stereocenters. The number of carbonyl (C=O) groups excluding carboxylic acids is 1. The Balaban J connectivity index is 2.24. The third-order valence-corrected chi connectivity index (χ3v) is 3.36. The van der Waals surface area contributed by atoms with Crippen molar-refractivity contribution in [2.24, 2.45) is 0 Å². The third-order valence-electron chi connectivity index (χ3n) is 2.92. The highest BCUT2D eigenvalue weighted by molar-refractivity contribution is 9.10. The lowest BCUT2D eigenvalue weighted by Gasteiger charge is -2.47. The quantitative estimate of drug-likeness (QED) is 0.745. The minimum Gasteiger partial charge on any atom is -0.366 e. The number of nitrogens with zero attached hydrogens (tertiary/aromatic N) is 2. The zero-order valence-electron chi connectivity index (χ0n) is 11.7. The first kappa shape index (κ1) is 14.5. The lowest BCUT2D eigenvalue weighted by Crippen LogP contribution is -2.58. The summed E-state index contributed by atoms with van der Waals surface area (Å²) in [7, 11) is 0. The van der Waals surface area contributed by atoms with Crippen molar-refractivity contribution in [3.8, 4) is 0 Å². The van der Waals surface area contributed by atoms with Crippen LogP contribution in [0.15, 0.2) is 22.8 Å². The molecule has 104 valence electrons. The van der Waals surface area contributed by atoms with Gasteiger partial charge in [0, 0.05) is 13.1 Å². The molecule has 0 aliphatic carbocycles. The molecule has 0 atom stereocenters. The van der Waals surface area contributed by atoms with Gasteiger partial charge in [-0.3, -0.25) is 4.79 Å². The van der Waals surface area contributed by atoms with E-state index in [1.54, 1.807) is 6.07 Å². The molecule has 0 N–H and O–H groups in total. The van der Waals surface area contributed by atoms with Crippen molar-refractivity contribution < 1.29 is 9.53 Å². The van der Waals surface area contributed by atoms with Crippen molar-refractivity contribution in [1.29, 1.82) is 0 Å². The Kier molecular flexibility index (Phi) is 3.71. The average molecular weight is 327 g/mol. The molecule has 1 aliphatic heterocycles. The highest BCUT2D eigenvalue weighted by atomic mass is 79.9. The van der Waals surface area contributed by atoms with Gasteiger partial charge in [0.25, 0.3) is 5.91 Å². The molecular formula is C14H19BrN2O2. The molecule has 0 bridgehead atoms. The summed E-state index contributed by atoms with van der Waals surface area (Å²) < 4.78 is 6.65. The smallest absolute Gasteiger partial charge is 0.272 e. The first-order valence-corrected chi connectivity index (χ1v) is 7.10. The minimum atomic E-state index is -0.344. The fourth-order valence-electron chi connectivity index (χ4n) is 2.62. The number of hydrogen-bond donors (Lipinski definition) is 0. The minimum absolute atomic E-state index is 0.0502. The summed E-state index contributed by atoms with van der Waals surface area (Å²) in [4.78, 5) is 18.6. The number of carbonyl (C=O) groups is 1. The number of amides is 1. The summed E-state index contributed by atoms with van der Waals surface area (Å²) >= 11 is 3.29. The van der Waals surface area contributed by atoms with Gasteiger partial charge in [-0.2, -0.15) is 0 Å². The molecule has 1 aromatic heterocycles. The van der Waals surface area contributed by atoms with E-state index in [9.17, 15) is 4.79 Å². The van der Waals surface area contributed by atoms with Gasteiger partial charge in [0.05, 0.1) is 11.2 Å². The molecule has 2 heterocycles. The van der Waals surface area contributed by atoms with Gasteiger partial charge in [-0.25, -0.2) is 4.98 Å². The van der Waals surface area contributed by atoms with Crippen molar-refractivity contribution in [2.45, 2.75) is 38.9 Å². The molecule has 0 radical (unpaired) electrons. The molecule has 5 heteroatoms. The zero-order chi connectivity index (χ0) is 14.3. The fraction of sp³-hybridized carbons (Fsp3) is 0.571. The number of hydrogen-bond acceptors (Lipinski definition) is 3. The maximum absolute atomic E-state index is 12.5. The number of morpholine rings is 1. The summed E-state index contributed by atoms with van der Waals surface area (Å²) in [6.45, 7) is 9.16. The largest absolute Gasteiger partial charge is 0.366 e. The Morgan fingerprint density at radius 2 is 1.84 bits per heavy atom. The molecule has 1 fully saturated rings. The van der Waals surface area contributed by atoms with E-state index in [0.717, 1.165) is 0 Å². The number of aromatic nitrogens is 1. The van der Waals surface area contributed by atoms with Crippen LogP contribution in [0.2, 0.25) is 0 Å².